The zero-order valence-corrected chi connectivity index (χ0v) is 8.97. The van der Waals surface area contributed by atoms with Crippen LogP contribution in [0.4, 0.5) is 0 Å². The van der Waals surface area contributed by atoms with Crippen molar-refractivity contribution >= 4 is 23.1 Å². The Hall–Kier alpha value is -1.16. The number of ether oxygens (including phenoxy) is 1. The first-order valence-corrected chi connectivity index (χ1v) is 5.16. The van der Waals surface area contributed by atoms with Crippen molar-refractivity contribution < 1.29 is 14.3 Å². The molecular formula is C10H12O3S. The molecule has 0 saturated heterocycles. The van der Waals surface area contributed by atoms with Gasteiger partial charge in [0, 0.05) is 11.3 Å². The van der Waals surface area contributed by atoms with Crippen LogP contribution in [0.5, 0.6) is 0 Å². The van der Waals surface area contributed by atoms with Gasteiger partial charge in [-0.2, -0.15) is 0 Å². The lowest BCUT2D eigenvalue weighted by Crippen LogP contribution is -2.23. The number of Topliss-reactive ketones (excluding diaryl/α,β-unsaturated/α-hetero) is 1. The van der Waals surface area contributed by atoms with Crippen LogP contribution in [-0.2, 0) is 20.7 Å². The van der Waals surface area contributed by atoms with E-state index in [1.54, 1.807) is 6.92 Å². The van der Waals surface area contributed by atoms with E-state index < -0.39 is 11.9 Å². The highest BCUT2D eigenvalue weighted by Gasteiger charge is 2.21. The average Bonchev–Trinajstić information content (AvgIpc) is 2.68. The van der Waals surface area contributed by atoms with E-state index >= 15 is 0 Å². The highest BCUT2D eigenvalue weighted by atomic mass is 32.1. The van der Waals surface area contributed by atoms with Gasteiger partial charge in [0.25, 0.3) is 0 Å². The fourth-order valence-corrected chi connectivity index (χ4v) is 1.76. The molecule has 3 nitrogen and oxygen atoms in total. The van der Waals surface area contributed by atoms with E-state index in [9.17, 15) is 9.59 Å². The number of carbonyl (C=O) groups excluding carboxylic acids is 2. The van der Waals surface area contributed by atoms with Crippen molar-refractivity contribution in [3.8, 4) is 0 Å². The molecule has 1 rings (SSSR count). The predicted octanol–water partition coefficient (Wildman–Crippen LogP) is 1.67. The summed E-state index contributed by atoms with van der Waals surface area (Å²) in [6.45, 7) is 1.57. The molecule has 14 heavy (non-hydrogen) atoms. The lowest BCUT2D eigenvalue weighted by molar-refractivity contribution is -0.148. The summed E-state index contributed by atoms with van der Waals surface area (Å²) in [5.41, 5.74) is 0. The summed E-state index contributed by atoms with van der Waals surface area (Å²) in [7, 11) is 1.29. The molecule has 1 aromatic rings. The maximum atomic E-state index is 11.5. The number of carbonyl (C=O) groups is 2. The minimum Gasteiger partial charge on any atom is -0.468 e. The number of hydrogen-bond acceptors (Lipinski definition) is 4. The molecule has 0 spiro atoms. The summed E-state index contributed by atoms with van der Waals surface area (Å²) >= 11 is 1.52. The third kappa shape index (κ3) is 2.67. The van der Waals surface area contributed by atoms with Gasteiger partial charge in [-0.1, -0.05) is 6.07 Å². The molecule has 0 saturated carbocycles. The number of thiophene rings is 1. The van der Waals surface area contributed by atoms with Crippen LogP contribution in [0, 0.1) is 5.92 Å². The summed E-state index contributed by atoms with van der Waals surface area (Å²) in [6, 6.07) is 3.77. The molecule has 4 heteroatoms. The molecule has 0 radical (unpaired) electrons. The Bertz CT molecular complexity index is 316. The molecule has 0 bridgehead atoms. The van der Waals surface area contributed by atoms with E-state index in [0.717, 1.165) is 4.88 Å². The molecule has 0 N–H and O–H groups in total. The first kappa shape index (κ1) is 10.9. The van der Waals surface area contributed by atoms with Crippen LogP contribution in [0.25, 0.3) is 0 Å². The van der Waals surface area contributed by atoms with Gasteiger partial charge in [0.2, 0.25) is 0 Å². The van der Waals surface area contributed by atoms with Crippen LogP contribution in [0.1, 0.15) is 11.8 Å². The number of esters is 1. The van der Waals surface area contributed by atoms with Crippen LogP contribution in [0.3, 0.4) is 0 Å². The smallest absolute Gasteiger partial charge is 0.315 e. The maximum absolute atomic E-state index is 11.5. The summed E-state index contributed by atoms with van der Waals surface area (Å²) in [6.07, 6.45) is 0.313. The monoisotopic (exact) mass is 212 g/mol. The molecule has 0 aromatic carbocycles. The minimum atomic E-state index is -0.665. The van der Waals surface area contributed by atoms with E-state index in [-0.39, 0.29) is 5.78 Å². The van der Waals surface area contributed by atoms with E-state index in [1.165, 1.54) is 18.4 Å². The second-order valence-corrected chi connectivity index (χ2v) is 4.00. The van der Waals surface area contributed by atoms with Gasteiger partial charge in [-0.05, 0) is 18.4 Å². The van der Waals surface area contributed by atoms with E-state index in [1.807, 2.05) is 17.5 Å². The molecule has 1 aromatic heterocycles. The predicted molar refractivity (Wildman–Crippen MR) is 54.2 cm³/mol. The van der Waals surface area contributed by atoms with Gasteiger partial charge >= 0.3 is 5.97 Å². The van der Waals surface area contributed by atoms with E-state index in [2.05, 4.69) is 4.74 Å². The van der Waals surface area contributed by atoms with Crippen LogP contribution < -0.4 is 0 Å². The molecule has 1 atom stereocenters. The maximum Gasteiger partial charge on any atom is 0.315 e. The highest BCUT2D eigenvalue weighted by Crippen LogP contribution is 2.12. The highest BCUT2D eigenvalue weighted by molar-refractivity contribution is 7.10. The summed E-state index contributed by atoms with van der Waals surface area (Å²) < 4.78 is 4.50. The molecule has 0 fully saturated rings. The Morgan fingerprint density at radius 3 is 2.79 bits per heavy atom. The number of rotatable bonds is 4. The van der Waals surface area contributed by atoms with Gasteiger partial charge in [0.05, 0.1) is 7.11 Å². The molecule has 1 heterocycles. The topological polar surface area (TPSA) is 43.4 Å². The zero-order chi connectivity index (χ0) is 10.6. The Balaban J connectivity index is 2.54. The minimum absolute atomic E-state index is 0.0979. The van der Waals surface area contributed by atoms with Gasteiger partial charge in [-0.3, -0.25) is 9.59 Å². The van der Waals surface area contributed by atoms with Crippen molar-refractivity contribution in [1.29, 1.82) is 0 Å². The Morgan fingerprint density at radius 1 is 1.57 bits per heavy atom. The number of hydrogen-bond donors (Lipinski definition) is 0. The first-order chi connectivity index (χ1) is 6.65. The van der Waals surface area contributed by atoms with E-state index in [4.69, 9.17) is 0 Å². The second-order valence-electron chi connectivity index (χ2n) is 2.97. The second kappa shape index (κ2) is 4.91. The fourth-order valence-electron chi connectivity index (χ4n) is 1.05. The molecule has 0 amide bonds. The molecule has 1 unspecified atom stereocenters. The van der Waals surface area contributed by atoms with Crippen LogP contribution >= 0.6 is 11.3 Å². The van der Waals surface area contributed by atoms with Crippen molar-refractivity contribution in [2.45, 2.75) is 13.3 Å². The number of ketones is 1. The van der Waals surface area contributed by atoms with Crippen molar-refractivity contribution in [2.24, 2.45) is 5.92 Å². The van der Waals surface area contributed by atoms with Gasteiger partial charge < -0.3 is 4.74 Å². The normalized spacial score (nSPS) is 12.1. The van der Waals surface area contributed by atoms with Gasteiger partial charge in [-0.25, -0.2) is 0 Å². The third-order valence-corrected chi connectivity index (χ3v) is 2.84. The fraction of sp³-hybridized carbons (Fsp3) is 0.400. The zero-order valence-electron chi connectivity index (χ0n) is 8.15. The van der Waals surface area contributed by atoms with Crippen molar-refractivity contribution in [2.75, 3.05) is 7.11 Å². The molecular weight excluding hydrogens is 200 g/mol. The van der Waals surface area contributed by atoms with Crippen LogP contribution in [0.15, 0.2) is 17.5 Å². The lowest BCUT2D eigenvalue weighted by Gasteiger charge is -2.06. The van der Waals surface area contributed by atoms with Gasteiger partial charge in [0.1, 0.15) is 5.92 Å². The van der Waals surface area contributed by atoms with Crippen molar-refractivity contribution in [1.82, 2.24) is 0 Å². The average molecular weight is 212 g/mol. The van der Waals surface area contributed by atoms with Crippen molar-refractivity contribution in [3.05, 3.63) is 22.4 Å². The summed E-state index contributed by atoms with van der Waals surface area (Å²) in [5, 5.41) is 1.91. The molecule has 76 valence electrons. The molecule has 0 aliphatic carbocycles. The van der Waals surface area contributed by atoms with Crippen LogP contribution in [-0.4, -0.2) is 18.9 Å². The number of methoxy groups -OCH3 is 1. The largest absolute Gasteiger partial charge is 0.468 e. The van der Waals surface area contributed by atoms with Gasteiger partial charge in [-0.15, -0.1) is 11.3 Å². The standard InChI is InChI=1S/C10H12O3S/c1-7(10(12)13-2)9(11)6-8-4-3-5-14-8/h3-5,7H,6H2,1-2H3. The Labute approximate surface area is 86.7 Å². The molecule has 0 aliphatic rings. The first-order valence-electron chi connectivity index (χ1n) is 4.28. The molecule has 0 aliphatic heterocycles. The lowest BCUT2D eigenvalue weighted by atomic mass is 10.0. The third-order valence-electron chi connectivity index (χ3n) is 1.97. The van der Waals surface area contributed by atoms with Gasteiger partial charge in [0.15, 0.2) is 5.78 Å². The quantitative estimate of drug-likeness (QED) is 0.563. The SMILES string of the molecule is COC(=O)C(C)C(=O)Cc1cccs1. The van der Waals surface area contributed by atoms with Crippen molar-refractivity contribution in [3.63, 3.8) is 0 Å². The van der Waals surface area contributed by atoms with Crippen LogP contribution in [0.2, 0.25) is 0 Å². The summed E-state index contributed by atoms with van der Waals surface area (Å²) in [4.78, 5) is 23.5. The summed E-state index contributed by atoms with van der Waals surface area (Å²) in [5.74, 6) is -1.23. The van der Waals surface area contributed by atoms with E-state index in [0.29, 0.717) is 6.42 Å². The Kier molecular flexibility index (Phi) is 3.83. The Morgan fingerprint density at radius 2 is 2.29 bits per heavy atom.